The summed E-state index contributed by atoms with van der Waals surface area (Å²) in [6.45, 7) is 7.34. The van der Waals surface area contributed by atoms with E-state index in [1.165, 1.54) is 4.90 Å². The van der Waals surface area contributed by atoms with E-state index in [1.807, 2.05) is 27.7 Å². The summed E-state index contributed by atoms with van der Waals surface area (Å²) >= 11 is 0. The topological polar surface area (TPSA) is 57.6 Å². The lowest BCUT2D eigenvalue weighted by Gasteiger charge is -2.38. The number of carboxylic acid groups (broad SMARTS) is 1. The predicted molar refractivity (Wildman–Crippen MR) is 61.4 cm³/mol. The van der Waals surface area contributed by atoms with Crippen LogP contribution in [0, 0.1) is 5.92 Å². The second kappa shape index (κ2) is 4.44. The van der Waals surface area contributed by atoms with Crippen molar-refractivity contribution in [1.29, 1.82) is 0 Å². The van der Waals surface area contributed by atoms with Crippen LogP contribution in [0.4, 0.5) is 4.79 Å². The van der Waals surface area contributed by atoms with Gasteiger partial charge in [0.25, 0.3) is 0 Å². The maximum Gasteiger partial charge on any atom is 0.408 e. The van der Waals surface area contributed by atoms with Crippen LogP contribution in [0.1, 0.15) is 47.0 Å². The minimum Gasteiger partial charge on any atom is -0.465 e. The average molecular weight is 227 g/mol. The van der Waals surface area contributed by atoms with E-state index in [0.717, 1.165) is 12.8 Å². The molecule has 1 unspecified atom stereocenters. The molecule has 1 fully saturated rings. The number of ketones is 1. The third kappa shape index (κ3) is 2.74. The maximum atomic E-state index is 12.0. The highest BCUT2D eigenvalue weighted by Gasteiger charge is 2.41. The zero-order valence-corrected chi connectivity index (χ0v) is 10.5. The molecule has 1 aliphatic rings. The Morgan fingerprint density at radius 2 is 1.88 bits per heavy atom. The Morgan fingerprint density at radius 1 is 1.38 bits per heavy atom. The fourth-order valence-electron chi connectivity index (χ4n) is 2.04. The normalized spacial score (nSPS) is 18.0. The fraction of sp³-hybridized carbons (Fsp3) is 0.833. The molecule has 1 aliphatic carbocycles. The molecule has 0 radical (unpaired) electrons. The van der Waals surface area contributed by atoms with Crippen LogP contribution in [-0.4, -0.2) is 33.5 Å². The van der Waals surface area contributed by atoms with Crippen molar-refractivity contribution in [1.82, 2.24) is 4.90 Å². The van der Waals surface area contributed by atoms with E-state index in [1.54, 1.807) is 0 Å². The molecule has 1 amide bonds. The molecule has 16 heavy (non-hydrogen) atoms. The van der Waals surface area contributed by atoms with Crippen LogP contribution in [0.25, 0.3) is 0 Å². The zero-order chi connectivity index (χ0) is 12.5. The summed E-state index contributed by atoms with van der Waals surface area (Å²) in [5.74, 6) is 0.203. The lowest BCUT2D eigenvalue weighted by Crippen LogP contribution is -2.54. The van der Waals surface area contributed by atoms with Crippen molar-refractivity contribution in [2.24, 2.45) is 5.92 Å². The van der Waals surface area contributed by atoms with Crippen molar-refractivity contribution in [2.75, 3.05) is 0 Å². The van der Waals surface area contributed by atoms with Crippen molar-refractivity contribution in [2.45, 2.75) is 58.5 Å². The maximum absolute atomic E-state index is 12.0. The standard InChI is InChI=1S/C12H21NO3/c1-5-9(10(14)8-6-7-8)13(11(15)16)12(2,3)4/h8-9H,5-7H2,1-4H3,(H,15,16). The molecule has 0 saturated heterocycles. The van der Waals surface area contributed by atoms with Gasteiger partial charge in [-0.25, -0.2) is 4.79 Å². The molecule has 4 nitrogen and oxygen atoms in total. The summed E-state index contributed by atoms with van der Waals surface area (Å²) in [5.41, 5.74) is -0.531. The van der Waals surface area contributed by atoms with Gasteiger partial charge in [-0.05, 0) is 40.0 Å². The number of nitrogens with zero attached hydrogens (tertiary/aromatic N) is 1. The monoisotopic (exact) mass is 227 g/mol. The number of carbonyl (C=O) groups is 2. The van der Waals surface area contributed by atoms with Crippen LogP contribution in [-0.2, 0) is 4.79 Å². The number of hydrogen-bond donors (Lipinski definition) is 1. The van der Waals surface area contributed by atoms with Gasteiger partial charge in [0, 0.05) is 11.5 Å². The molecular formula is C12H21NO3. The zero-order valence-electron chi connectivity index (χ0n) is 10.5. The van der Waals surface area contributed by atoms with E-state index < -0.39 is 17.7 Å². The summed E-state index contributed by atoms with van der Waals surface area (Å²) in [7, 11) is 0. The summed E-state index contributed by atoms with van der Waals surface area (Å²) < 4.78 is 0. The van der Waals surface area contributed by atoms with E-state index in [2.05, 4.69) is 0 Å². The summed E-state index contributed by atoms with van der Waals surface area (Å²) in [6.07, 6.45) is 1.40. The van der Waals surface area contributed by atoms with Gasteiger partial charge >= 0.3 is 6.09 Å². The van der Waals surface area contributed by atoms with Crippen LogP contribution < -0.4 is 0 Å². The van der Waals surface area contributed by atoms with Crippen molar-refractivity contribution >= 4 is 11.9 Å². The minimum atomic E-state index is -1.01. The van der Waals surface area contributed by atoms with E-state index in [0.29, 0.717) is 6.42 Å². The minimum absolute atomic E-state index is 0.0971. The number of hydrogen-bond acceptors (Lipinski definition) is 2. The van der Waals surface area contributed by atoms with Gasteiger partial charge in [0.2, 0.25) is 0 Å². The largest absolute Gasteiger partial charge is 0.465 e. The smallest absolute Gasteiger partial charge is 0.408 e. The quantitative estimate of drug-likeness (QED) is 0.802. The molecule has 0 heterocycles. The van der Waals surface area contributed by atoms with Gasteiger partial charge in [-0.15, -0.1) is 0 Å². The van der Waals surface area contributed by atoms with Crippen LogP contribution in [0.5, 0.6) is 0 Å². The molecule has 0 aromatic carbocycles. The molecule has 0 spiro atoms. The summed E-state index contributed by atoms with van der Waals surface area (Å²) in [6, 6.07) is -0.481. The van der Waals surface area contributed by atoms with Gasteiger partial charge in [0.05, 0.1) is 6.04 Å². The Morgan fingerprint density at radius 3 is 2.12 bits per heavy atom. The second-order valence-electron chi connectivity index (χ2n) is 5.42. The van der Waals surface area contributed by atoms with Crippen molar-refractivity contribution < 1.29 is 14.7 Å². The molecule has 4 heteroatoms. The number of Topliss-reactive ketones (excluding diaryl/α,β-unsaturated/α-hetero) is 1. The Labute approximate surface area is 96.6 Å². The van der Waals surface area contributed by atoms with Gasteiger partial charge in [0.1, 0.15) is 0 Å². The highest BCUT2D eigenvalue weighted by Crippen LogP contribution is 2.34. The molecular weight excluding hydrogens is 206 g/mol. The third-order valence-corrected chi connectivity index (χ3v) is 2.94. The second-order valence-corrected chi connectivity index (χ2v) is 5.42. The first-order valence-corrected chi connectivity index (χ1v) is 5.85. The van der Waals surface area contributed by atoms with E-state index in [9.17, 15) is 14.7 Å². The molecule has 0 aliphatic heterocycles. The Bertz CT molecular complexity index is 289. The fourth-order valence-corrected chi connectivity index (χ4v) is 2.04. The van der Waals surface area contributed by atoms with Gasteiger partial charge in [-0.3, -0.25) is 9.69 Å². The van der Waals surface area contributed by atoms with Gasteiger partial charge in [0.15, 0.2) is 5.78 Å². The molecule has 0 aromatic rings. The van der Waals surface area contributed by atoms with E-state index in [-0.39, 0.29) is 11.7 Å². The van der Waals surface area contributed by atoms with Crippen molar-refractivity contribution in [3.63, 3.8) is 0 Å². The van der Waals surface area contributed by atoms with Gasteiger partial charge < -0.3 is 5.11 Å². The van der Waals surface area contributed by atoms with Gasteiger partial charge in [-0.2, -0.15) is 0 Å². The lowest BCUT2D eigenvalue weighted by molar-refractivity contribution is -0.126. The summed E-state index contributed by atoms with van der Waals surface area (Å²) in [4.78, 5) is 24.6. The van der Waals surface area contributed by atoms with Crippen molar-refractivity contribution in [3.05, 3.63) is 0 Å². The molecule has 1 rings (SSSR count). The molecule has 1 saturated carbocycles. The number of amides is 1. The Hall–Kier alpha value is -1.06. The van der Waals surface area contributed by atoms with E-state index in [4.69, 9.17) is 0 Å². The van der Waals surface area contributed by atoms with Crippen LogP contribution in [0.3, 0.4) is 0 Å². The Balaban J connectivity index is 2.89. The third-order valence-electron chi connectivity index (χ3n) is 2.94. The molecule has 1 N–H and O–H groups in total. The summed E-state index contributed by atoms with van der Waals surface area (Å²) in [5, 5.41) is 9.24. The van der Waals surface area contributed by atoms with Crippen LogP contribution >= 0.6 is 0 Å². The molecule has 1 atom stereocenters. The SMILES string of the molecule is CCC(C(=O)C1CC1)N(C(=O)O)C(C)(C)C. The Kier molecular flexibility index (Phi) is 3.61. The average Bonchev–Trinajstić information content (AvgIpc) is 2.92. The number of rotatable bonds is 4. The van der Waals surface area contributed by atoms with Crippen LogP contribution in [0.2, 0.25) is 0 Å². The highest BCUT2D eigenvalue weighted by molar-refractivity contribution is 5.90. The first-order chi connectivity index (χ1) is 7.29. The molecule has 92 valence electrons. The number of carbonyl (C=O) groups excluding carboxylic acids is 1. The van der Waals surface area contributed by atoms with E-state index >= 15 is 0 Å². The predicted octanol–water partition coefficient (Wildman–Crippen LogP) is 2.52. The molecule has 0 bridgehead atoms. The first-order valence-electron chi connectivity index (χ1n) is 5.85. The highest BCUT2D eigenvalue weighted by atomic mass is 16.4. The van der Waals surface area contributed by atoms with Crippen LogP contribution in [0.15, 0.2) is 0 Å². The molecule has 0 aromatic heterocycles. The van der Waals surface area contributed by atoms with Gasteiger partial charge in [-0.1, -0.05) is 6.92 Å². The first kappa shape index (κ1) is 13.0. The van der Waals surface area contributed by atoms with Crippen molar-refractivity contribution in [3.8, 4) is 0 Å². The lowest BCUT2D eigenvalue weighted by atomic mass is 9.97.